The van der Waals surface area contributed by atoms with Crippen LogP contribution in [0.5, 0.6) is 0 Å². The average molecular weight is 340 g/mol. The Morgan fingerprint density at radius 2 is 1.96 bits per heavy atom. The topological polar surface area (TPSA) is 50.3 Å². The molecule has 0 saturated carbocycles. The molecule has 4 nitrogen and oxygen atoms in total. The van der Waals surface area contributed by atoms with Crippen LogP contribution >= 0.6 is 24.0 Å². The zero-order valence-corrected chi connectivity index (χ0v) is 13.9. The van der Waals surface area contributed by atoms with Gasteiger partial charge in [-0.15, -0.1) is 0 Å². The Morgan fingerprint density at radius 3 is 2.52 bits per heavy atom. The van der Waals surface area contributed by atoms with Crippen LogP contribution in [0.15, 0.2) is 53.7 Å². The van der Waals surface area contributed by atoms with E-state index in [0.29, 0.717) is 20.4 Å². The highest BCUT2D eigenvalue weighted by molar-refractivity contribution is 8.26. The fourth-order valence-corrected chi connectivity index (χ4v) is 3.27. The number of pyridine rings is 1. The maximum Gasteiger partial charge on any atom is 0.265 e. The van der Waals surface area contributed by atoms with Gasteiger partial charge in [-0.05, 0) is 23.8 Å². The molecule has 0 aliphatic carbocycles. The van der Waals surface area contributed by atoms with Gasteiger partial charge in [0.25, 0.3) is 5.91 Å². The highest BCUT2D eigenvalue weighted by atomic mass is 32.2. The summed E-state index contributed by atoms with van der Waals surface area (Å²) in [6.07, 6.45) is 4.95. The van der Waals surface area contributed by atoms with Gasteiger partial charge >= 0.3 is 0 Å². The van der Waals surface area contributed by atoms with Crippen molar-refractivity contribution < 1.29 is 9.59 Å². The Labute approximate surface area is 143 Å². The van der Waals surface area contributed by atoms with Crippen molar-refractivity contribution >= 4 is 46.1 Å². The first-order valence-corrected chi connectivity index (χ1v) is 8.05. The summed E-state index contributed by atoms with van der Waals surface area (Å²) in [5, 5.41) is 0. The highest BCUT2D eigenvalue weighted by Crippen LogP contribution is 2.31. The summed E-state index contributed by atoms with van der Waals surface area (Å²) in [6, 6.07) is 10.6. The molecule has 2 heterocycles. The smallest absolute Gasteiger partial charge is 0.265 e. The van der Waals surface area contributed by atoms with Crippen LogP contribution in [0.1, 0.15) is 21.5 Å². The van der Waals surface area contributed by atoms with Crippen LogP contribution in [-0.4, -0.2) is 32.9 Å². The number of thioether (sulfide) groups is 1. The number of rotatable bonds is 3. The number of likely N-dealkylation sites (N-methyl/N-ethyl adjacent to an activating group) is 1. The third kappa shape index (κ3) is 3.23. The molecule has 1 aromatic carbocycles. The maximum atomic E-state index is 12.3. The number of benzene rings is 1. The van der Waals surface area contributed by atoms with Gasteiger partial charge in [-0.2, -0.15) is 0 Å². The van der Waals surface area contributed by atoms with Gasteiger partial charge in [0.1, 0.15) is 4.32 Å². The molecular weight excluding hydrogens is 328 g/mol. The van der Waals surface area contributed by atoms with Crippen molar-refractivity contribution in [3.8, 4) is 0 Å². The number of amides is 1. The molecule has 1 aromatic heterocycles. The zero-order valence-electron chi connectivity index (χ0n) is 12.2. The van der Waals surface area contributed by atoms with Gasteiger partial charge in [-0.3, -0.25) is 19.5 Å². The van der Waals surface area contributed by atoms with E-state index >= 15 is 0 Å². The molecular formula is C17H12N2O2S2. The van der Waals surface area contributed by atoms with Crippen LogP contribution in [0.25, 0.3) is 6.08 Å². The molecule has 0 bridgehead atoms. The van der Waals surface area contributed by atoms with E-state index in [4.69, 9.17) is 12.2 Å². The Bertz CT molecular complexity index is 814. The predicted molar refractivity (Wildman–Crippen MR) is 95.0 cm³/mol. The second-order valence-corrected chi connectivity index (χ2v) is 6.61. The normalized spacial score (nSPS) is 16.2. The molecule has 2 aromatic rings. The van der Waals surface area contributed by atoms with E-state index in [9.17, 15) is 9.59 Å². The first-order valence-electron chi connectivity index (χ1n) is 6.82. The predicted octanol–water partition coefficient (Wildman–Crippen LogP) is 3.14. The number of hydrogen-bond donors (Lipinski definition) is 0. The van der Waals surface area contributed by atoms with E-state index in [2.05, 4.69) is 4.98 Å². The molecule has 6 heteroatoms. The van der Waals surface area contributed by atoms with E-state index in [1.807, 2.05) is 12.1 Å². The lowest BCUT2D eigenvalue weighted by Gasteiger charge is -2.03. The molecule has 0 radical (unpaired) electrons. The fraction of sp³-hybridized carbons (Fsp3) is 0.0588. The van der Waals surface area contributed by atoms with E-state index in [-0.39, 0.29) is 11.7 Å². The van der Waals surface area contributed by atoms with Gasteiger partial charge in [-0.25, -0.2) is 0 Å². The van der Waals surface area contributed by atoms with Crippen LogP contribution in [-0.2, 0) is 4.79 Å². The summed E-state index contributed by atoms with van der Waals surface area (Å²) >= 11 is 6.38. The van der Waals surface area contributed by atoms with Gasteiger partial charge in [0, 0.05) is 30.6 Å². The lowest BCUT2D eigenvalue weighted by atomic mass is 10.0. The number of thiocarbonyl (C=S) groups is 1. The van der Waals surface area contributed by atoms with Crippen molar-refractivity contribution in [2.45, 2.75) is 0 Å². The fourth-order valence-electron chi connectivity index (χ4n) is 2.09. The zero-order chi connectivity index (χ0) is 16.4. The molecule has 3 rings (SSSR count). The van der Waals surface area contributed by atoms with Crippen molar-refractivity contribution in [3.63, 3.8) is 0 Å². The van der Waals surface area contributed by atoms with Crippen LogP contribution < -0.4 is 0 Å². The summed E-state index contributed by atoms with van der Waals surface area (Å²) in [7, 11) is 1.66. The second kappa shape index (κ2) is 6.44. The molecule has 0 N–H and O–H groups in total. The van der Waals surface area contributed by atoms with Gasteiger partial charge in [0.2, 0.25) is 0 Å². The Kier molecular flexibility index (Phi) is 4.36. The molecule has 1 aliphatic heterocycles. The monoisotopic (exact) mass is 340 g/mol. The lowest BCUT2D eigenvalue weighted by Crippen LogP contribution is -2.22. The lowest BCUT2D eigenvalue weighted by molar-refractivity contribution is -0.121. The van der Waals surface area contributed by atoms with E-state index in [0.717, 1.165) is 5.56 Å². The van der Waals surface area contributed by atoms with Gasteiger partial charge in [-0.1, -0.05) is 48.2 Å². The standard InChI is InChI=1S/C17H12N2O2S2/c1-19-16(21)14(23-17(19)22)9-11-4-6-12(7-5-11)15(20)13-3-2-8-18-10-13/h2-10H,1H3/b14-9+. The summed E-state index contributed by atoms with van der Waals surface area (Å²) in [5.74, 6) is -0.181. The Hall–Kier alpha value is -2.31. The molecule has 1 aliphatic rings. The van der Waals surface area contributed by atoms with E-state index in [1.165, 1.54) is 16.7 Å². The highest BCUT2D eigenvalue weighted by Gasteiger charge is 2.28. The molecule has 1 fully saturated rings. The van der Waals surface area contributed by atoms with E-state index in [1.54, 1.807) is 49.8 Å². The van der Waals surface area contributed by atoms with E-state index < -0.39 is 0 Å². The summed E-state index contributed by atoms with van der Waals surface area (Å²) < 4.78 is 0.546. The number of nitrogens with zero attached hydrogens (tertiary/aromatic N) is 2. The molecule has 1 amide bonds. The van der Waals surface area contributed by atoms with Gasteiger partial charge < -0.3 is 0 Å². The number of carbonyl (C=O) groups excluding carboxylic acids is 2. The quantitative estimate of drug-likeness (QED) is 0.488. The van der Waals surface area contributed by atoms with Crippen molar-refractivity contribution in [1.82, 2.24) is 9.88 Å². The van der Waals surface area contributed by atoms with Crippen molar-refractivity contribution in [2.75, 3.05) is 7.05 Å². The second-order valence-electron chi connectivity index (χ2n) is 4.93. The third-order valence-electron chi connectivity index (χ3n) is 3.38. The molecule has 23 heavy (non-hydrogen) atoms. The third-order valence-corrected chi connectivity index (χ3v) is 4.87. The molecule has 0 spiro atoms. The number of aromatic nitrogens is 1. The Balaban J connectivity index is 1.82. The number of ketones is 1. The molecule has 1 saturated heterocycles. The first-order chi connectivity index (χ1) is 11.1. The molecule has 0 atom stereocenters. The van der Waals surface area contributed by atoms with Crippen molar-refractivity contribution in [1.29, 1.82) is 0 Å². The molecule has 0 unspecified atom stereocenters. The maximum absolute atomic E-state index is 12.3. The van der Waals surface area contributed by atoms with Crippen LogP contribution in [0.2, 0.25) is 0 Å². The first kappa shape index (κ1) is 15.6. The largest absolute Gasteiger partial charge is 0.296 e. The number of carbonyl (C=O) groups is 2. The summed E-state index contributed by atoms with van der Waals surface area (Å²) in [5.41, 5.74) is 1.98. The molecule has 114 valence electrons. The van der Waals surface area contributed by atoms with Crippen LogP contribution in [0.3, 0.4) is 0 Å². The minimum atomic E-state index is -0.101. The SMILES string of the molecule is CN1C(=O)/C(=C\c2ccc(C(=O)c3cccnc3)cc2)SC1=S. The van der Waals surface area contributed by atoms with Crippen LogP contribution in [0, 0.1) is 0 Å². The average Bonchev–Trinajstić information content (AvgIpc) is 2.83. The minimum absolute atomic E-state index is 0.0791. The number of hydrogen-bond acceptors (Lipinski definition) is 5. The van der Waals surface area contributed by atoms with Crippen molar-refractivity contribution in [2.24, 2.45) is 0 Å². The summed E-state index contributed by atoms with van der Waals surface area (Å²) in [4.78, 5) is 30.3. The minimum Gasteiger partial charge on any atom is -0.296 e. The van der Waals surface area contributed by atoms with Gasteiger partial charge in [0.05, 0.1) is 4.91 Å². The van der Waals surface area contributed by atoms with Gasteiger partial charge in [0.15, 0.2) is 5.78 Å². The van der Waals surface area contributed by atoms with Crippen molar-refractivity contribution in [3.05, 3.63) is 70.4 Å². The Morgan fingerprint density at radius 1 is 1.22 bits per heavy atom. The van der Waals surface area contributed by atoms with Crippen LogP contribution in [0.4, 0.5) is 0 Å². The summed E-state index contributed by atoms with van der Waals surface area (Å²) in [6.45, 7) is 0.